The van der Waals surface area contributed by atoms with Gasteiger partial charge in [0.05, 0.1) is 23.3 Å². The molecule has 0 saturated carbocycles. The van der Waals surface area contributed by atoms with Gasteiger partial charge in [0, 0.05) is 30.5 Å². The Morgan fingerprint density at radius 3 is 2.85 bits per heavy atom. The first kappa shape index (κ1) is 16.4. The van der Waals surface area contributed by atoms with Crippen molar-refractivity contribution < 1.29 is 0 Å². The molecule has 0 aliphatic carbocycles. The van der Waals surface area contributed by atoms with Gasteiger partial charge in [0.2, 0.25) is 0 Å². The van der Waals surface area contributed by atoms with Gasteiger partial charge in [0.1, 0.15) is 5.82 Å². The third-order valence-electron chi connectivity index (χ3n) is 5.71. The van der Waals surface area contributed by atoms with Gasteiger partial charge in [0.25, 0.3) is 0 Å². The molecule has 0 N–H and O–H groups in total. The molecule has 1 fully saturated rings. The molecule has 138 valence electrons. The van der Waals surface area contributed by atoms with Crippen molar-refractivity contribution >= 4 is 16.7 Å². The number of para-hydroxylation sites is 2. The fourth-order valence-electron chi connectivity index (χ4n) is 4.42. The highest BCUT2D eigenvalue weighted by Gasteiger charge is 2.30. The zero-order chi connectivity index (χ0) is 18.5. The van der Waals surface area contributed by atoms with Crippen molar-refractivity contribution in [3.63, 3.8) is 0 Å². The highest BCUT2D eigenvalue weighted by molar-refractivity contribution is 5.75. The van der Waals surface area contributed by atoms with Crippen molar-refractivity contribution in [1.29, 1.82) is 0 Å². The summed E-state index contributed by atoms with van der Waals surface area (Å²) in [5.41, 5.74) is 6.59. The number of hydrogen-bond acceptors (Lipinski definition) is 4. The number of hydrogen-bond donors (Lipinski definition) is 0. The van der Waals surface area contributed by atoms with Crippen molar-refractivity contribution in [2.24, 2.45) is 7.05 Å². The Morgan fingerprint density at radius 1 is 1.15 bits per heavy atom. The van der Waals surface area contributed by atoms with Crippen LogP contribution in [0.3, 0.4) is 0 Å². The maximum Gasteiger partial charge on any atom is 0.159 e. The first-order chi connectivity index (χ1) is 13.1. The third-order valence-corrected chi connectivity index (χ3v) is 5.71. The van der Waals surface area contributed by atoms with Gasteiger partial charge < -0.3 is 4.57 Å². The molecular weight excluding hydrogens is 336 g/mol. The lowest BCUT2D eigenvalue weighted by atomic mass is 10.2. The maximum atomic E-state index is 4.95. The van der Waals surface area contributed by atoms with Crippen LogP contribution in [0.15, 0.2) is 36.5 Å². The van der Waals surface area contributed by atoms with Crippen LogP contribution < -0.4 is 0 Å². The SMILES string of the molecule is Cc1cc(C)n2ncc(CN3CCC[C@H]3c3nc4ccccc4n3C)c2n1. The minimum Gasteiger partial charge on any atom is -0.330 e. The highest BCUT2D eigenvalue weighted by atomic mass is 15.3. The minimum absolute atomic E-state index is 0.336. The fourth-order valence-corrected chi connectivity index (χ4v) is 4.42. The molecule has 4 heterocycles. The highest BCUT2D eigenvalue weighted by Crippen LogP contribution is 2.34. The molecule has 4 aromatic rings. The van der Waals surface area contributed by atoms with Crippen molar-refractivity contribution in [2.45, 2.75) is 39.3 Å². The summed E-state index contributed by atoms with van der Waals surface area (Å²) in [6, 6.07) is 10.8. The van der Waals surface area contributed by atoms with Crippen molar-refractivity contribution in [1.82, 2.24) is 29.0 Å². The second kappa shape index (κ2) is 6.16. The lowest BCUT2D eigenvalue weighted by molar-refractivity contribution is 0.238. The second-order valence-electron chi connectivity index (χ2n) is 7.59. The molecule has 1 saturated heterocycles. The van der Waals surface area contributed by atoms with E-state index in [2.05, 4.69) is 58.9 Å². The van der Waals surface area contributed by atoms with E-state index in [0.29, 0.717) is 6.04 Å². The van der Waals surface area contributed by atoms with E-state index in [4.69, 9.17) is 9.97 Å². The van der Waals surface area contributed by atoms with Crippen LogP contribution in [0.5, 0.6) is 0 Å². The lowest BCUT2D eigenvalue weighted by Crippen LogP contribution is -2.25. The Labute approximate surface area is 158 Å². The summed E-state index contributed by atoms with van der Waals surface area (Å²) in [6.45, 7) is 6.06. The van der Waals surface area contributed by atoms with E-state index in [-0.39, 0.29) is 0 Å². The van der Waals surface area contributed by atoms with Crippen LogP contribution in [0.2, 0.25) is 0 Å². The number of aryl methyl sites for hydroxylation is 3. The molecule has 0 unspecified atom stereocenters. The standard InChI is InChI=1S/C21H24N6/c1-14-11-15(2)27-20(23-14)16(12-22-27)13-26-10-6-9-19(26)21-24-17-7-4-5-8-18(17)25(21)3/h4-5,7-8,11-12,19H,6,9-10,13H2,1-3H3/t19-/m0/s1. The van der Waals surface area contributed by atoms with E-state index in [0.717, 1.165) is 47.9 Å². The van der Waals surface area contributed by atoms with Gasteiger partial charge in [0.15, 0.2) is 5.65 Å². The second-order valence-corrected chi connectivity index (χ2v) is 7.59. The van der Waals surface area contributed by atoms with Crippen LogP contribution in [-0.4, -0.2) is 35.6 Å². The molecule has 27 heavy (non-hydrogen) atoms. The summed E-state index contributed by atoms with van der Waals surface area (Å²) in [5, 5.41) is 4.56. The molecule has 1 aromatic carbocycles. The average molecular weight is 360 g/mol. The largest absolute Gasteiger partial charge is 0.330 e. The number of nitrogens with zero attached hydrogens (tertiary/aromatic N) is 6. The summed E-state index contributed by atoms with van der Waals surface area (Å²) in [7, 11) is 2.13. The molecular formula is C21H24N6. The molecule has 6 nitrogen and oxygen atoms in total. The van der Waals surface area contributed by atoms with Gasteiger partial charge >= 0.3 is 0 Å². The summed E-state index contributed by atoms with van der Waals surface area (Å²) in [6.07, 6.45) is 4.31. The quantitative estimate of drug-likeness (QED) is 0.560. The Kier molecular flexibility index (Phi) is 3.75. The first-order valence-electron chi connectivity index (χ1n) is 9.58. The molecule has 0 amide bonds. The van der Waals surface area contributed by atoms with Crippen molar-refractivity contribution in [2.75, 3.05) is 6.54 Å². The van der Waals surface area contributed by atoms with Gasteiger partial charge in [-0.2, -0.15) is 5.10 Å². The summed E-state index contributed by atoms with van der Waals surface area (Å²) in [5.74, 6) is 1.16. The fraction of sp³-hybridized carbons (Fsp3) is 0.381. The smallest absolute Gasteiger partial charge is 0.159 e. The number of benzene rings is 1. The van der Waals surface area contributed by atoms with Gasteiger partial charge in [-0.15, -0.1) is 0 Å². The average Bonchev–Trinajstić information content (AvgIpc) is 3.34. The van der Waals surface area contributed by atoms with Gasteiger partial charge in [-0.1, -0.05) is 12.1 Å². The Hall–Kier alpha value is -2.73. The van der Waals surface area contributed by atoms with E-state index in [1.54, 1.807) is 0 Å². The molecule has 0 spiro atoms. The molecule has 0 radical (unpaired) electrons. The van der Waals surface area contributed by atoms with Crippen LogP contribution in [0.25, 0.3) is 16.7 Å². The third kappa shape index (κ3) is 2.63. The first-order valence-corrected chi connectivity index (χ1v) is 9.58. The molecule has 0 bridgehead atoms. The van der Waals surface area contributed by atoms with E-state index >= 15 is 0 Å². The molecule has 3 aromatic heterocycles. The van der Waals surface area contributed by atoms with E-state index in [1.807, 2.05) is 17.6 Å². The van der Waals surface area contributed by atoms with Crippen LogP contribution in [0, 0.1) is 13.8 Å². The summed E-state index contributed by atoms with van der Waals surface area (Å²) < 4.78 is 4.20. The molecule has 1 aliphatic rings. The predicted molar refractivity (Wildman–Crippen MR) is 106 cm³/mol. The maximum absolute atomic E-state index is 4.95. The Balaban J connectivity index is 1.51. The number of aromatic nitrogens is 5. The summed E-state index contributed by atoms with van der Waals surface area (Å²) in [4.78, 5) is 12.2. The zero-order valence-corrected chi connectivity index (χ0v) is 16.1. The predicted octanol–water partition coefficient (Wildman–Crippen LogP) is 3.57. The van der Waals surface area contributed by atoms with E-state index < -0.39 is 0 Å². The number of fused-ring (bicyclic) bond motifs is 2. The molecule has 6 heteroatoms. The van der Waals surface area contributed by atoms with Gasteiger partial charge in [-0.3, -0.25) is 4.90 Å². The van der Waals surface area contributed by atoms with E-state index in [1.165, 1.54) is 17.5 Å². The van der Waals surface area contributed by atoms with Gasteiger partial charge in [-0.05, 0) is 51.4 Å². The molecule has 5 rings (SSSR count). The number of likely N-dealkylation sites (tertiary alicyclic amines) is 1. The normalized spacial score (nSPS) is 18.1. The van der Waals surface area contributed by atoms with Gasteiger partial charge in [-0.25, -0.2) is 14.5 Å². The Morgan fingerprint density at radius 2 is 2.00 bits per heavy atom. The lowest BCUT2D eigenvalue weighted by Gasteiger charge is -2.23. The van der Waals surface area contributed by atoms with Crippen LogP contribution >= 0.6 is 0 Å². The van der Waals surface area contributed by atoms with Crippen LogP contribution in [0.1, 0.15) is 41.7 Å². The number of imidazole rings is 1. The Bertz CT molecular complexity index is 1140. The summed E-state index contributed by atoms with van der Waals surface area (Å²) >= 11 is 0. The zero-order valence-electron chi connectivity index (χ0n) is 16.1. The van der Waals surface area contributed by atoms with Crippen molar-refractivity contribution in [3.8, 4) is 0 Å². The number of rotatable bonds is 3. The topological polar surface area (TPSA) is 51.2 Å². The van der Waals surface area contributed by atoms with Crippen LogP contribution in [-0.2, 0) is 13.6 Å². The van der Waals surface area contributed by atoms with Crippen LogP contribution in [0.4, 0.5) is 0 Å². The van der Waals surface area contributed by atoms with E-state index in [9.17, 15) is 0 Å². The molecule has 1 aliphatic heterocycles. The van der Waals surface area contributed by atoms with Crippen molar-refractivity contribution in [3.05, 3.63) is 59.3 Å². The monoisotopic (exact) mass is 360 g/mol. The minimum atomic E-state index is 0.336. The molecule has 1 atom stereocenters.